The van der Waals surface area contributed by atoms with Crippen molar-refractivity contribution in [1.29, 1.82) is 0 Å². The second-order valence-corrected chi connectivity index (χ2v) is 8.18. The fourth-order valence-electron chi connectivity index (χ4n) is 4.50. The molecule has 2 atom stereocenters. The molecule has 1 aromatic carbocycles. The Morgan fingerprint density at radius 3 is 2.42 bits per heavy atom. The van der Waals surface area contributed by atoms with Gasteiger partial charge in [-0.05, 0) is 81.0 Å². The number of hydrogen-bond acceptors (Lipinski definition) is 4. The lowest BCUT2D eigenvalue weighted by Crippen LogP contribution is -2.36. The number of aliphatic hydroxyl groups excluding tert-OH is 1. The van der Waals surface area contributed by atoms with Crippen molar-refractivity contribution in [2.45, 2.75) is 58.5 Å². The van der Waals surface area contributed by atoms with E-state index in [1.165, 1.54) is 0 Å². The standard InChI is InChI=1S/C26H30N2O3/c1-4-7-20-16-18(2)24(19(3)17-20)25-22(29)8-5-14-28(15-6-9-23(25)30)26(31)21-10-12-27-13-11-21/h10-13,16-17,22,25,29H,5-6,8-9,14-15H2,1-3H3. The van der Waals surface area contributed by atoms with Crippen molar-refractivity contribution in [3.05, 3.63) is 64.5 Å². The molecule has 0 bridgehead atoms. The van der Waals surface area contributed by atoms with E-state index in [1.54, 1.807) is 36.4 Å². The van der Waals surface area contributed by atoms with E-state index >= 15 is 0 Å². The first-order chi connectivity index (χ1) is 14.9. The molecule has 0 spiro atoms. The first-order valence-electron chi connectivity index (χ1n) is 10.9. The van der Waals surface area contributed by atoms with Crippen LogP contribution in [0.1, 0.15) is 71.1 Å². The van der Waals surface area contributed by atoms with Crippen molar-refractivity contribution >= 4 is 11.7 Å². The van der Waals surface area contributed by atoms with Gasteiger partial charge in [-0.15, -0.1) is 5.92 Å². The number of benzene rings is 1. The number of hydrogen-bond donors (Lipinski definition) is 1. The highest BCUT2D eigenvalue weighted by molar-refractivity contribution is 5.94. The van der Waals surface area contributed by atoms with E-state index in [2.05, 4.69) is 16.8 Å². The predicted octanol–water partition coefficient (Wildman–Crippen LogP) is 3.80. The second-order valence-electron chi connectivity index (χ2n) is 8.18. The topological polar surface area (TPSA) is 70.5 Å². The SMILES string of the molecule is CC#Cc1cc(C)c(C2C(=O)CCCN(C(=O)c3ccncc3)CCCC2O)c(C)c1. The number of ketones is 1. The maximum atomic E-state index is 13.2. The van der Waals surface area contributed by atoms with Crippen LogP contribution in [-0.4, -0.2) is 45.9 Å². The van der Waals surface area contributed by atoms with Gasteiger partial charge in [-0.2, -0.15) is 0 Å². The zero-order chi connectivity index (χ0) is 22.4. The quantitative estimate of drug-likeness (QED) is 0.753. The summed E-state index contributed by atoms with van der Waals surface area (Å²) in [6.45, 7) is 6.85. The van der Waals surface area contributed by atoms with Crippen LogP contribution in [0.25, 0.3) is 0 Å². The summed E-state index contributed by atoms with van der Waals surface area (Å²) in [6.07, 6.45) is 4.45. The number of Topliss-reactive ketones (excluding diaryl/α,β-unsaturated/α-hetero) is 1. The third-order valence-electron chi connectivity index (χ3n) is 5.90. The van der Waals surface area contributed by atoms with Gasteiger partial charge in [0.2, 0.25) is 0 Å². The molecule has 5 heteroatoms. The monoisotopic (exact) mass is 418 g/mol. The smallest absolute Gasteiger partial charge is 0.253 e. The Kier molecular flexibility index (Phi) is 7.59. The van der Waals surface area contributed by atoms with Gasteiger partial charge in [-0.1, -0.05) is 5.92 Å². The van der Waals surface area contributed by atoms with Gasteiger partial charge in [-0.3, -0.25) is 14.6 Å². The molecule has 2 unspecified atom stereocenters. The van der Waals surface area contributed by atoms with Crippen molar-refractivity contribution in [3.8, 4) is 11.8 Å². The number of aliphatic hydroxyl groups is 1. The predicted molar refractivity (Wildman–Crippen MR) is 121 cm³/mol. The lowest BCUT2D eigenvalue weighted by Gasteiger charge is -2.29. The lowest BCUT2D eigenvalue weighted by atomic mass is 9.80. The van der Waals surface area contributed by atoms with Gasteiger partial charge in [0.05, 0.1) is 12.0 Å². The van der Waals surface area contributed by atoms with Crippen LogP contribution in [0, 0.1) is 25.7 Å². The van der Waals surface area contributed by atoms with E-state index in [0.717, 1.165) is 22.3 Å². The molecule has 0 saturated carbocycles. The van der Waals surface area contributed by atoms with Gasteiger partial charge in [0.25, 0.3) is 5.91 Å². The molecule has 1 N–H and O–H groups in total. The molecule has 1 amide bonds. The van der Waals surface area contributed by atoms with Crippen LogP contribution in [0.5, 0.6) is 0 Å². The number of aromatic nitrogens is 1. The van der Waals surface area contributed by atoms with Crippen LogP contribution in [0.3, 0.4) is 0 Å². The van der Waals surface area contributed by atoms with Gasteiger partial charge in [0.1, 0.15) is 5.78 Å². The highest BCUT2D eigenvalue weighted by atomic mass is 16.3. The zero-order valence-electron chi connectivity index (χ0n) is 18.5. The summed E-state index contributed by atoms with van der Waals surface area (Å²) in [7, 11) is 0. The number of carbonyl (C=O) groups is 2. The van der Waals surface area contributed by atoms with E-state index in [-0.39, 0.29) is 11.7 Å². The van der Waals surface area contributed by atoms with Crippen LogP contribution in [0.2, 0.25) is 0 Å². The average Bonchev–Trinajstić information content (AvgIpc) is 2.75. The highest BCUT2D eigenvalue weighted by Gasteiger charge is 2.31. The van der Waals surface area contributed by atoms with E-state index in [1.807, 2.05) is 26.0 Å². The third kappa shape index (κ3) is 5.39. The molecule has 0 aliphatic carbocycles. The number of carbonyl (C=O) groups excluding carboxylic acids is 2. The summed E-state index contributed by atoms with van der Waals surface area (Å²) < 4.78 is 0. The maximum Gasteiger partial charge on any atom is 0.253 e. The number of pyridine rings is 1. The Bertz CT molecular complexity index is 981. The Morgan fingerprint density at radius 1 is 1.13 bits per heavy atom. The van der Waals surface area contributed by atoms with Crippen LogP contribution in [-0.2, 0) is 4.79 Å². The van der Waals surface area contributed by atoms with Crippen LogP contribution < -0.4 is 0 Å². The van der Waals surface area contributed by atoms with Crippen molar-refractivity contribution in [2.75, 3.05) is 13.1 Å². The molecule has 2 aromatic rings. The molecular formula is C26H30N2O3. The molecule has 1 aliphatic heterocycles. The van der Waals surface area contributed by atoms with Gasteiger partial charge in [-0.25, -0.2) is 0 Å². The average molecular weight is 419 g/mol. The molecule has 3 rings (SSSR count). The highest BCUT2D eigenvalue weighted by Crippen LogP contribution is 2.32. The van der Waals surface area contributed by atoms with Crippen molar-refractivity contribution in [1.82, 2.24) is 9.88 Å². The number of amides is 1. The van der Waals surface area contributed by atoms with E-state index in [4.69, 9.17) is 0 Å². The number of nitrogens with zero attached hydrogens (tertiary/aromatic N) is 2. The molecule has 1 saturated heterocycles. The van der Waals surface area contributed by atoms with Crippen LogP contribution >= 0.6 is 0 Å². The minimum atomic E-state index is -0.774. The summed E-state index contributed by atoms with van der Waals surface area (Å²) in [5.74, 6) is 5.43. The fourth-order valence-corrected chi connectivity index (χ4v) is 4.50. The Hall–Kier alpha value is -2.97. The Morgan fingerprint density at radius 2 is 1.77 bits per heavy atom. The van der Waals surface area contributed by atoms with E-state index in [9.17, 15) is 14.7 Å². The molecule has 162 valence electrons. The maximum absolute atomic E-state index is 13.2. The van der Waals surface area contributed by atoms with Gasteiger partial charge in [0.15, 0.2) is 0 Å². The molecule has 0 radical (unpaired) electrons. The summed E-state index contributed by atoms with van der Waals surface area (Å²) >= 11 is 0. The van der Waals surface area contributed by atoms with Crippen molar-refractivity contribution in [2.24, 2.45) is 0 Å². The minimum absolute atomic E-state index is 0.0336. The van der Waals surface area contributed by atoms with E-state index < -0.39 is 12.0 Å². The van der Waals surface area contributed by atoms with Crippen LogP contribution in [0.15, 0.2) is 36.7 Å². The Balaban J connectivity index is 1.80. The number of aryl methyl sites for hydroxylation is 2. The van der Waals surface area contributed by atoms with Crippen molar-refractivity contribution < 1.29 is 14.7 Å². The third-order valence-corrected chi connectivity index (χ3v) is 5.90. The molecular weight excluding hydrogens is 388 g/mol. The largest absolute Gasteiger partial charge is 0.392 e. The fraction of sp³-hybridized carbons (Fsp3) is 0.423. The van der Waals surface area contributed by atoms with Gasteiger partial charge >= 0.3 is 0 Å². The van der Waals surface area contributed by atoms with Crippen molar-refractivity contribution in [3.63, 3.8) is 0 Å². The molecule has 1 aliphatic rings. The van der Waals surface area contributed by atoms with E-state index in [0.29, 0.717) is 44.3 Å². The summed E-state index contributed by atoms with van der Waals surface area (Å²) in [6, 6.07) is 7.39. The zero-order valence-corrected chi connectivity index (χ0v) is 18.5. The minimum Gasteiger partial charge on any atom is -0.392 e. The first kappa shape index (κ1) is 22.7. The number of rotatable bonds is 2. The van der Waals surface area contributed by atoms with Gasteiger partial charge in [0, 0.05) is 43.0 Å². The van der Waals surface area contributed by atoms with Gasteiger partial charge < -0.3 is 10.0 Å². The van der Waals surface area contributed by atoms with Crippen LogP contribution in [0.4, 0.5) is 0 Å². The summed E-state index contributed by atoms with van der Waals surface area (Å²) in [5, 5.41) is 11.0. The summed E-state index contributed by atoms with van der Waals surface area (Å²) in [5.41, 5.74) is 4.42. The summed E-state index contributed by atoms with van der Waals surface area (Å²) in [4.78, 5) is 31.8. The molecule has 31 heavy (non-hydrogen) atoms. The molecule has 5 nitrogen and oxygen atoms in total. The Labute approximate surface area is 184 Å². The molecule has 2 heterocycles. The first-order valence-corrected chi connectivity index (χ1v) is 10.9. The lowest BCUT2D eigenvalue weighted by molar-refractivity contribution is -0.123. The normalized spacial score (nSPS) is 20.0. The second kappa shape index (κ2) is 10.4. The molecule has 1 fully saturated rings. The molecule has 1 aromatic heterocycles.